The molecule has 0 aliphatic rings. The van der Waals surface area contributed by atoms with Crippen LogP contribution in [0, 0.1) is 0 Å². The Labute approximate surface area is 85.0 Å². The first-order valence-electron chi connectivity index (χ1n) is 3.22. The van der Waals surface area contributed by atoms with Crippen molar-refractivity contribution in [3.8, 4) is 0 Å². The number of aliphatic hydroxyl groups excluding tert-OH is 1. The van der Waals surface area contributed by atoms with Crippen LogP contribution in [0.25, 0.3) is 0 Å². The third kappa shape index (κ3) is 2.30. The van der Waals surface area contributed by atoms with E-state index >= 15 is 0 Å². The number of aliphatic hydroxyl groups is 1. The lowest BCUT2D eigenvalue weighted by molar-refractivity contribution is 0.358. The number of nitrogens with two attached hydrogens (primary N) is 1. The minimum Gasteiger partial charge on any atom is -0.380 e. The maximum absolute atomic E-state index is 11.1. The number of sulfonamides is 1. The van der Waals surface area contributed by atoms with Crippen LogP contribution in [0.5, 0.6) is 0 Å². The summed E-state index contributed by atoms with van der Waals surface area (Å²) in [5, 5.41) is 14.4. The molecule has 14 heavy (non-hydrogen) atoms. The van der Waals surface area contributed by atoms with E-state index in [2.05, 4.69) is 0 Å². The third-order valence-electron chi connectivity index (χ3n) is 1.36. The summed E-state index contributed by atoms with van der Waals surface area (Å²) >= 11 is 0.695. The van der Waals surface area contributed by atoms with Gasteiger partial charge in [0.2, 0.25) is 19.9 Å². The van der Waals surface area contributed by atoms with Crippen molar-refractivity contribution in [3.63, 3.8) is 0 Å². The normalized spacial score (nSPS) is 13.0. The molecule has 1 rings (SSSR count). The molecule has 0 atom stereocenters. The molecule has 0 spiro atoms. The molecule has 0 aromatic carbocycles. The summed E-state index contributed by atoms with van der Waals surface area (Å²) in [5.41, 5.74) is 0. The fourth-order valence-corrected chi connectivity index (χ4v) is 3.48. The van der Waals surface area contributed by atoms with Gasteiger partial charge in [-0.25, -0.2) is 22.0 Å². The largest absolute Gasteiger partial charge is 0.380 e. The lowest BCUT2D eigenvalue weighted by Gasteiger charge is -1.93. The van der Waals surface area contributed by atoms with Gasteiger partial charge in [0.1, 0.15) is 10.1 Å². The van der Waals surface area contributed by atoms with Crippen LogP contribution in [0.15, 0.2) is 20.6 Å². The Morgan fingerprint density at radius 2 is 1.93 bits per heavy atom. The first-order chi connectivity index (χ1) is 6.27. The van der Waals surface area contributed by atoms with Crippen molar-refractivity contribution in [2.24, 2.45) is 5.14 Å². The average Bonchev–Trinajstić information content (AvgIpc) is 2.51. The number of thiophene rings is 1. The monoisotopic (exact) mass is 257 g/mol. The van der Waals surface area contributed by atoms with Gasteiger partial charge in [-0.1, -0.05) is 0 Å². The molecule has 80 valence electrons. The second kappa shape index (κ2) is 3.59. The van der Waals surface area contributed by atoms with Gasteiger partial charge in [-0.2, -0.15) is 0 Å². The van der Waals surface area contributed by atoms with Crippen LogP contribution in [0.4, 0.5) is 0 Å². The van der Waals surface area contributed by atoms with Crippen molar-refractivity contribution in [2.45, 2.75) is 9.10 Å². The van der Waals surface area contributed by atoms with Gasteiger partial charge in [-0.15, -0.1) is 11.3 Å². The van der Waals surface area contributed by atoms with Crippen molar-refractivity contribution >= 4 is 31.2 Å². The molecule has 0 aliphatic heterocycles. The number of hydrogen-bond acceptors (Lipinski definition) is 6. The van der Waals surface area contributed by atoms with Gasteiger partial charge in [-0.3, -0.25) is 0 Å². The van der Waals surface area contributed by atoms with Crippen LogP contribution in [0.1, 0.15) is 0 Å². The minimum atomic E-state index is -3.88. The highest BCUT2D eigenvalue weighted by Gasteiger charge is 2.18. The smallest absolute Gasteiger partial charge is 0.247 e. The molecular formula is C5H7NO5S3. The van der Waals surface area contributed by atoms with Crippen molar-refractivity contribution in [3.05, 3.63) is 11.4 Å². The fourth-order valence-electron chi connectivity index (χ4n) is 0.687. The minimum absolute atomic E-state index is 0.242. The second-order valence-electron chi connectivity index (χ2n) is 2.39. The van der Waals surface area contributed by atoms with Crippen LogP contribution in [0.2, 0.25) is 0 Å². The molecule has 1 aromatic heterocycles. The molecule has 0 fully saturated rings. The van der Waals surface area contributed by atoms with Crippen molar-refractivity contribution in [1.29, 1.82) is 0 Å². The van der Waals surface area contributed by atoms with Gasteiger partial charge in [0.25, 0.3) is 0 Å². The summed E-state index contributed by atoms with van der Waals surface area (Å²) in [6.07, 6.45) is 0. The van der Waals surface area contributed by atoms with Crippen LogP contribution in [-0.2, 0) is 19.9 Å². The Kier molecular flexibility index (Phi) is 2.97. The quantitative estimate of drug-likeness (QED) is 0.729. The van der Waals surface area contributed by atoms with Crippen LogP contribution in [0.3, 0.4) is 0 Å². The molecule has 1 aromatic rings. The molecular weight excluding hydrogens is 250 g/mol. The molecule has 0 bridgehead atoms. The van der Waals surface area contributed by atoms with E-state index in [1.807, 2.05) is 0 Å². The van der Waals surface area contributed by atoms with Crippen molar-refractivity contribution < 1.29 is 21.9 Å². The maximum atomic E-state index is 11.1. The molecule has 1 heterocycles. The van der Waals surface area contributed by atoms with Crippen LogP contribution >= 0.6 is 11.3 Å². The highest BCUT2D eigenvalue weighted by molar-refractivity contribution is 7.92. The van der Waals surface area contributed by atoms with E-state index in [0.29, 0.717) is 11.3 Å². The Morgan fingerprint density at radius 3 is 2.29 bits per heavy atom. The van der Waals surface area contributed by atoms with E-state index < -0.39 is 25.8 Å². The summed E-state index contributed by atoms with van der Waals surface area (Å²) in [4.78, 5) is -0.242. The molecule has 0 unspecified atom stereocenters. The SMILES string of the molecule is NS(=O)(=O)c1cc(S(=O)(=O)CO)cs1. The van der Waals surface area contributed by atoms with E-state index in [1.165, 1.54) is 0 Å². The number of rotatable bonds is 3. The summed E-state index contributed by atoms with van der Waals surface area (Å²) < 4.78 is 43.5. The maximum Gasteiger partial charge on any atom is 0.247 e. The predicted octanol–water partition coefficient (Wildman–Crippen LogP) is -0.881. The van der Waals surface area contributed by atoms with Gasteiger partial charge < -0.3 is 5.11 Å². The van der Waals surface area contributed by atoms with Crippen LogP contribution in [-0.4, -0.2) is 27.9 Å². The first-order valence-corrected chi connectivity index (χ1v) is 7.30. The summed E-state index contributed by atoms with van der Waals surface area (Å²) in [7, 11) is -7.67. The highest BCUT2D eigenvalue weighted by atomic mass is 32.2. The zero-order valence-corrected chi connectivity index (χ0v) is 9.19. The van der Waals surface area contributed by atoms with E-state index in [1.54, 1.807) is 0 Å². The number of hydrogen-bond donors (Lipinski definition) is 2. The molecule has 0 saturated heterocycles. The van der Waals surface area contributed by atoms with Crippen molar-refractivity contribution in [1.82, 2.24) is 0 Å². The Bertz CT molecular complexity index is 525. The number of sulfone groups is 1. The van der Waals surface area contributed by atoms with Gasteiger partial charge in [0.15, 0.2) is 0 Å². The van der Waals surface area contributed by atoms with Gasteiger partial charge in [0, 0.05) is 5.38 Å². The zero-order chi connectivity index (χ0) is 11.0. The first kappa shape index (κ1) is 11.6. The lowest BCUT2D eigenvalue weighted by Crippen LogP contribution is -2.10. The van der Waals surface area contributed by atoms with E-state index in [9.17, 15) is 16.8 Å². The van der Waals surface area contributed by atoms with Crippen LogP contribution < -0.4 is 5.14 Å². The average molecular weight is 257 g/mol. The Hall–Kier alpha value is -0.480. The molecule has 0 amide bonds. The molecule has 6 nitrogen and oxygen atoms in total. The molecule has 9 heteroatoms. The summed E-state index contributed by atoms with van der Waals surface area (Å²) in [6, 6.07) is 0.922. The molecule has 0 radical (unpaired) electrons. The molecule has 0 aliphatic carbocycles. The van der Waals surface area contributed by atoms with E-state index in [4.69, 9.17) is 10.2 Å². The molecule has 3 N–H and O–H groups in total. The standard InChI is InChI=1S/C5H7NO5S3/c6-14(10,11)5-1-4(2-12-5)13(8,9)3-7/h1-2,7H,3H2,(H2,6,10,11). The topological polar surface area (TPSA) is 115 Å². The summed E-state index contributed by atoms with van der Waals surface area (Å²) in [5.74, 6) is -1.06. The van der Waals surface area contributed by atoms with Crippen molar-refractivity contribution in [2.75, 3.05) is 5.94 Å². The Morgan fingerprint density at radius 1 is 1.36 bits per heavy atom. The predicted molar refractivity (Wildman–Crippen MR) is 50.0 cm³/mol. The lowest BCUT2D eigenvalue weighted by atomic mass is 10.7. The van der Waals surface area contributed by atoms with E-state index in [0.717, 1.165) is 11.4 Å². The molecule has 0 saturated carbocycles. The zero-order valence-electron chi connectivity index (χ0n) is 6.74. The number of primary sulfonamides is 1. The highest BCUT2D eigenvalue weighted by Crippen LogP contribution is 2.22. The Balaban J connectivity index is 3.27. The second-order valence-corrected chi connectivity index (χ2v) is 7.05. The fraction of sp³-hybridized carbons (Fsp3) is 0.200. The van der Waals surface area contributed by atoms with Gasteiger partial charge in [-0.05, 0) is 6.07 Å². The van der Waals surface area contributed by atoms with Gasteiger partial charge in [0.05, 0.1) is 4.90 Å². The van der Waals surface area contributed by atoms with E-state index in [-0.39, 0.29) is 9.10 Å². The summed E-state index contributed by atoms with van der Waals surface area (Å²) in [6.45, 7) is 0. The van der Waals surface area contributed by atoms with Gasteiger partial charge >= 0.3 is 0 Å². The third-order valence-corrected chi connectivity index (χ3v) is 5.19.